The zero-order chi connectivity index (χ0) is 13.5. The topological polar surface area (TPSA) is 264 Å². The molecule has 0 heterocycles. The van der Waals surface area contributed by atoms with Crippen molar-refractivity contribution in [3.63, 3.8) is 0 Å². The summed E-state index contributed by atoms with van der Waals surface area (Å²) in [6, 6.07) is 0. The fourth-order valence-electron chi connectivity index (χ4n) is 0. The van der Waals surface area contributed by atoms with Crippen LogP contribution >= 0.6 is 9.90 Å². The summed E-state index contributed by atoms with van der Waals surface area (Å²) in [5.41, 5.74) is 0. The van der Waals surface area contributed by atoms with Crippen molar-refractivity contribution in [2.75, 3.05) is 0 Å². The molecule has 1 atom stereocenters. The SMILES string of the molecule is N.O=S(=O)(O)O.O=S(=O)(O)O.O=S(=O)([O-])[O-].P.[Mg+2]. The summed E-state index contributed by atoms with van der Waals surface area (Å²) in [5.74, 6) is 0. The van der Waals surface area contributed by atoms with Crippen LogP contribution in [0.3, 0.4) is 0 Å². The third-order valence-electron chi connectivity index (χ3n) is 0. The van der Waals surface area contributed by atoms with E-state index in [0.29, 0.717) is 0 Å². The molecule has 0 saturated carbocycles. The summed E-state index contributed by atoms with van der Waals surface area (Å²) in [4.78, 5) is 0. The van der Waals surface area contributed by atoms with Crippen molar-refractivity contribution < 1.29 is 52.6 Å². The summed E-state index contributed by atoms with van der Waals surface area (Å²) < 4.78 is 97.2. The summed E-state index contributed by atoms with van der Waals surface area (Å²) in [6.07, 6.45) is 0. The smallest absolute Gasteiger partial charge is 0.759 e. The average Bonchev–Trinajstić information content (AvgIpc) is 1.41. The molecule has 0 aliphatic rings. The molecule has 13 nitrogen and oxygen atoms in total. The Balaban J connectivity index is -0.0000000277. The first kappa shape index (κ1) is 36.3. The van der Waals surface area contributed by atoms with E-state index < -0.39 is 31.2 Å². The van der Waals surface area contributed by atoms with Crippen molar-refractivity contribution in [1.82, 2.24) is 6.15 Å². The maximum Gasteiger partial charge on any atom is 2.00 e. The van der Waals surface area contributed by atoms with Crippen molar-refractivity contribution in [2.24, 2.45) is 0 Å². The Morgan fingerprint density at radius 2 is 0.667 bits per heavy atom. The molecule has 0 spiro atoms. The standard InChI is InChI=1S/Mg.H3N.3H2O4S.H3P/c;;3*1-5(2,3)4;/h;1H3;3*(H2,1,2,3,4);1H3/q+2;;;;;/p-2. The number of hydrogen-bond acceptors (Lipinski definition) is 9. The van der Waals surface area contributed by atoms with Gasteiger partial charge >= 0.3 is 43.9 Å². The van der Waals surface area contributed by atoms with Gasteiger partial charge in [-0.15, -0.1) is 0 Å². The first-order valence-corrected chi connectivity index (χ1v) is 6.19. The van der Waals surface area contributed by atoms with E-state index in [0.717, 1.165) is 0 Å². The molecular formula is H10MgNO12PS3. The normalized spacial score (nSPS) is 9.67. The molecule has 0 amide bonds. The Morgan fingerprint density at radius 3 is 0.667 bits per heavy atom. The van der Waals surface area contributed by atoms with Gasteiger partial charge in [0.05, 0.1) is 0 Å². The minimum absolute atomic E-state index is 0. The Labute approximate surface area is 122 Å². The van der Waals surface area contributed by atoms with E-state index in [1.165, 1.54) is 0 Å². The van der Waals surface area contributed by atoms with Gasteiger partial charge in [-0.05, 0) is 0 Å². The van der Waals surface area contributed by atoms with Crippen molar-refractivity contribution in [3.05, 3.63) is 0 Å². The van der Waals surface area contributed by atoms with Crippen LogP contribution < -0.4 is 6.15 Å². The largest absolute Gasteiger partial charge is 2.00 e. The van der Waals surface area contributed by atoms with Crippen LogP contribution in [0.1, 0.15) is 0 Å². The van der Waals surface area contributed by atoms with Crippen LogP contribution in [0.25, 0.3) is 0 Å². The third kappa shape index (κ3) is 7100. The Hall–Kier alpha value is 0.766. The van der Waals surface area contributed by atoms with Crippen LogP contribution in [0, 0.1) is 0 Å². The van der Waals surface area contributed by atoms with Gasteiger partial charge in [-0.2, -0.15) is 26.7 Å². The number of rotatable bonds is 0. The van der Waals surface area contributed by atoms with E-state index >= 15 is 0 Å². The molecule has 0 saturated heterocycles. The second kappa shape index (κ2) is 14.2. The molecule has 0 aromatic carbocycles. The zero-order valence-electron chi connectivity index (χ0n) is 8.40. The van der Waals surface area contributed by atoms with Crippen molar-refractivity contribution in [3.8, 4) is 0 Å². The van der Waals surface area contributed by atoms with Gasteiger partial charge in [0, 0.05) is 10.4 Å². The molecule has 1 unspecified atom stereocenters. The van der Waals surface area contributed by atoms with Gasteiger partial charge in [0.25, 0.3) is 0 Å². The second-order valence-corrected chi connectivity index (χ2v) is 3.91. The predicted molar refractivity (Wildman–Crippen MR) is 60.7 cm³/mol. The van der Waals surface area contributed by atoms with Crippen molar-refractivity contribution in [2.45, 2.75) is 0 Å². The predicted octanol–water partition coefficient (Wildman–Crippen LogP) is -2.80. The summed E-state index contributed by atoms with van der Waals surface area (Å²) in [6.45, 7) is 0. The van der Waals surface area contributed by atoms with E-state index in [1.54, 1.807) is 0 Å². The van der Waals surface area contributed by atoms with E-state index in [-0.39, 0.29) is 39.1 Å². The maximum absolute atomic E-state index is 8.74. The molecule has 18 heavy (non-hydrogen) atoms. The average molecular weight is 368 g/mol. The molecule has 0 fully saturated rings. The van der Waals surface area contributed by atoms with Crippen LogP contribution in [0.5, 0.6) is 0 Å². The summed E-state index contributed by atoms with van der Waals surface area (Å²) in [7, 11) is -14.5. The Kier molecular flexibility index (Phi) is 28.6. The fourth-order valence-corrected chi connectivity index (χ4v) is 0. The van der Waals surface area contributed by atoms with Gasteiger partial charge in [-0.1, -0.05) is 0 Å². The number of hydrogen-bond donors (Lipinski definition) is 5. The molecule has 0 aliphatic carbocycles. The van der Waals surface area contributed by atoms with E-state index in [4.69, 9.17) is 52.6 Å². The maximum atomic E-state index is 8.74. The minimum Gasteiger partial charge on any atom is -0.759 e. The third-order valence-corrected chi connectivity index (χ3v) is 0. The van der Waals surface area contributed by atoms with Crippen LogP contribution in [0.2, 0.25) is 0 Å². The van der Waals surface area contributed by atoms with E-state index in [1.807, 2.05) is 0 Å². The molecule has 0 aliphatic heterocycles. The Morgan fingerprint density at radius 1 is 0.667 bits per heavy atom. The van der Waals surface area contributed by atoms with Crippen molar-refractivity contribution >= 4 is 64.1 Å². The first-order chi connectivity index (χ1) is 6.00. The van der Waals surface area contributed by atoms with Crippen LogP contribution in [-0.4, -0.2) is 75.6 Å². The summed E-state index contributed by atoms with van der Waals surface area (Å²) >= 11 is 0. The molecule has 18 heteroatoms. The van der Waals surface area contributed by atoms with Crippen molar-refractivity contribution in [1.29, 1.82) is 0 Å². The molecule has 0 bridgehead atoms. The van der Waals surface area contributed by atoms with E-state index in [2.05, 4.69) is 0 Å². The molecule has 112 valence electrons. The molecule has 0 aromatic rings. The van der Waals surface area contributed by atoms with Gasteiger partial charge < -0.3 is 15.3 Å². The van der Waals surface area contributed by atoms with Crippen LogP contribution in [0.4, 0.5) is 0 Å². The molecule has 0 aromatic heterocycles. The monoisotopic (exact) mass is 367 g/mol. The second-order valence-electron chi connectivity index (χ2n) is 1.30. The summed E-state index contributed by atoms with van der Waals surface area (Å²) in [5, 5.41) is 0. The molecule has 0 radical (unpaired) electrons. The van der Waals surface area contributed by atoms with Gasteiger partial charge in [-0.25, -0.2) is 0 Å². The minimum atomic E-state index is -5.17. The molecular weight excluding hydrogens is 357 g/mol. The quantitative estimate of drug-likeness (QED) is 0.125. The molecule has 0 rings (SSSR count). The van der Waals surface area contributed by atoms with Crippen LogP contribution in [-0.2, 0) is 31.2 Å². The van der Waals surface area contributed by atoms with Gasteiger partial charge in [0.1, 0.15) is 0 Å². The van der Waals surface area contributed by atoms with Crippen LogP contribution in [0.15, 0.2) is 0 Å². The van der Waals surface area contributed by atoms with Gasteiger partial charge in [0.15, 0.2) is 0 Å². The first-order valence-electron chi connectivity index (χ1n) is 2.06. The fraction of sp³-hybridized carbons (Fsp3) is 0. The zero-order valence-corrected chi connectivity index (χ0v) is 13.7. The van der Waals surface area contributed by atoms with Gasteiger partial charge in [0.2, 0.25) is 0 Å². The molecule has 7 N–H and O–H groups in total. The van der Waals surface area contributed by atoms with E-state index in [9.17, 15) is 0 Å². The van der Waals surface area contributed by atoms with Gasteiger partial charge in [-0.3, -0.25) is 26.6 Å². The Bertz CT molecular complexity index is 348.